The van der Waals surface area contributed by atoms with Crippen molar-refractivity contribution in [2.75, 3.05) is 20.2 Å². The SMILES string of the molecule is Cc1ccccc1OCCN(C)Cc1nc(-c2cccnc2)no1. The molecule has 1 aromatic carbocycles. The summed E-state index contributed by atoms with van der Waals surface area (Å²) in [7, 11) is 2.00. The predicted molar refractivity (Wildman–Crippen MR) is 90.5 cm³/mol. The van der Waals surface area contributed by atoms with Gasteiger partial charge in [-0.3, -0.25) is 9.88 Å². The van der Waals surface area contributed by atoms with E-state index in [-0.39, 0.29) is 0 Å². The van der Waals surface area contributed by atoms with Gasteiger partial charge in [-0.15, -0.1) is 0 Å². The molecule has 0 amide bonds. The third kappa shape index (κ3) is 4.17. The summed E-state index contributed by atoms with van der Waals surface area (Å²) >= 11 is 0. The molecule has 0 N–H and O–H groups in total. The van der Waals surface area contributed by atoms with E-state index in [2.05, 4.69) is 20.0 Å². The topological polar surface area (TPSA) is 64.3 Å². The molecule has 0 saturated carbocycles. The lowest BCUT2D eigenvalue weighted by Gasteiger charge is -2.15. The van der Waals surface area contributed by atoms with E-state index in [1.165, 1.54) is 0 Å². The molecule has 0 saturated heterocycles. The van der Waals surface area contributed by atoms with E-state index in [9.17, 15) is 0 Å². The Bertz CT molecular complexity index is 773. The van der Waals surface area contributed by atoms with Gasteiger partial charge in [0, 0.05) is 24.5 Å². The van der Waals surface area contributed by atoms with Crippen LogP contribution in [0.5, 0.6) is 5.75 Å². The molecule has 0 fully saturated rings. The number of aromatic nitrogens is 3. The predicted octanol–water partition coefficient (Wildman–Crippen LogP) is 2.95. The molecule has 2 heterocycles. The molecule has 0 spiro atoms. The molecule has 2 aromatic heterocycles. The molecule has 0 aliphatic rings. The molecule has 3 aromatic rings. The summed E-state index contributed by atoms with van der Waals surface area (Å²) in [6.45, 7) is 3.98. The van der Waals surface area contributed by atoms with Crippen LogP contribution < -0.4 is 4.74 Å². The first-order valence-corrected chi connectivity index (χ1v) is 7.82. The zero-order valence-corrected chi connectivity index (χ0v) is 13.8. The average molecular weight is 324 g/mol. The van der Waals surface area contributed by atoms with E-state index >= 15 is 0 Å². The highest BCUT2D eigenvalue weighted by atomic mass is 16.5. The van der Waals surface area contributed by atoms with Gasteiger partial charge < -0.3 is 9.26 Å². The van der Waals surface area contributed by atoms with Gasteiger partial charge in [-0.05, 0) is 37.7 Å². The van der Waals surface area contributed by atoms with Crippen molar-refractivity contribution in [2.45, 2.75) is 13.5 Å². The Labute approximate surface area is 141 Å². The summed E-state index contributed by atoms with van der Waals surface area (Å²) in [6, 6.07) is 11.8. The first kappa shape index (κ1) is 16.1. The fourth-order valence-electron chi connectivity index (χ4n) is 2.27. The number of para-hydroxylation sites is 1. The van der Waals surface area contributed by atoms with E-state index in [0.29, 0.717) is 24.9 Å². The van der Waals surface area contributed by atoms with Crippen LogP contribution in [0.25, 0.3) is 11.4 Å². The second-order valence-electron chi connectivity index (χ2n) is 5.61. The minimum absolute atomic E-state index is 0.558. The van der Waals surface area contributed by atoms with Gasteiger partial charge in [-0.2, -0.15) is 4.98 Å². The lowest BCUT2D eigenvalue weighted by Crippen LogP contribution is -2.24. The van der Waals surface area contributed by atoms with E-state index < -0.39 is 0 Å². The maximum atomic E-state index is 5.80. The van der Waals surface area contributed by atoms with Crippen LogP contribution >= 0.6 is 0 Å². The summed E-state index contributed by atoms with van der Waals surface area (Å²) in [4.78, 5) is 10.5. The van der Waals surface area contributed by atoms with Crippen LogP contribution in [0.1, 0.15) is 11.5 Å². The number of benzene rings is 1. The van der Waals surface area contributed by atoms with Crippen LogP contribution in [-0.2, 0) is 6.54 Å². The summed E-state index contributed by atoms with van der Waals surface area (Å²) in [5, 5.41) is 3.99. The molecular weight excluding hydrogens is 304 g/mol. The van der Waals surface area contributed by atoms with Gasteiger partial charge in [0.15, 0.2) is 0 Å². The summed E-state index contributed by atoms with van der Waals surface area (Å²) in [5.41, 5.74) is 1.98. The van der Waals surface area contributed by atoms with Crippen molar-refractivity contribution in [2.24, 2.45) is 0 Å². The highest BCUT2D eigenvalue weighted by Crippen LogP contribution is 2.16. The average Bonchev–Trinajstić information content (AvgIpc) is 3.06. The van der Waals surface area contributed by atoms with E-state index in [1.54, 1.807) is 12.4 Å². The Kier molecular flexibility index (Phi) is 5.18. The summed E-state index contributed by atoms with van der Waals surface area (Å²) in [5.74, 6) is 2.05. The highest BCUT2D eigenvalue weighted by Gasteiger charge is 2.11. The molecule has 0 bridgehead atoms. The third-order valence-corrected chi connectivity index (χ3v) is 3.62. The van der Waals surface area contributed by atoms with Crippen LogP contribution in [0.4, 0.5) is 0 Å². The normalized spacial score (nSPS) is 11.0. The van der Waals surface area contributed by atoms with Crippen LogP contribution in [0.3, 0.4) is 0 Å². The number of rotatable bonds is 7. The highest BCUT2D eigenvalue weighted by molar-refractivity contribution is 5.51. The Balaban J connectivity index is 1.50. The second-order valence-corrected chi connectivity index (χ2v) is 5.61. The van der Waals surface area contributed by atoms with Crippen LogP contribution in [0.15, 0.2) is 53.3 Å². The number of pyridine rings is 1. The maximum Gasteiger partial charge on any atom is 0.241 e. The van der Waals surface area contributed by atoms with Gasteiger partial charge in [-0.1, -0.05) is 23.4 Å². The number of aryl methyl sites for hydroxylation is 1. The molecular formula is C18H20N4O2. The molecule has 0 unspecified atom stereocenters. The Hall–Kier alpha value is -2.73. The second kappa shape index (κ2) is 7.70. The van der Waals surface area contributed by atoms with Gasteiger partial charge in [0.1, 0.15) is 12.4 Å². The van der Waals surface area contributed by atoms with Gasteiger partial charge >= 0.3 is 0 Å². The van der Waals surface area contributed by atoms with Gasteiger partial charge in [-0.25, -0.2) is 0 Å². The minimum Gasteiger partial charge on any atom is -0.492 e. The fourth-order valence-corrected chi connectivity index (χ4v) is 2.27. The molecule has 124 valence electrons. The van der Waals surface area contributed by atoms with Crippen molar-refractivity contribution in [3.63, 3.8) is 0 Å². The Morgan fingerprint density at radius 1 is 1.17 bits per heavy atom. The van der Waals surface area contributed by atoms with Crippen LogP contribution in [-0.4, -0.2) is 40.2 Å². The zero-order valence-electron chi connectivity index (χ0n) is 13.8. The monoisotopic (exact) mass is 324 g/mol. The Morgan fingerprint density at radius 3 is 2.83 bits per heavy atom. The van der Waals surface area contributed by atoms with E-state index in [0.717, 1.165) is 23.4 Å². The molecule has 0 atom stereocenters. The number of hydrogen-bond donors (Lipinski definition) is 0. The minimum atomic E-state index is 0.558. The molecule has 0 aliphatic heterocycles. The van der Waals surface area contributed by atoms with Crippen LogP contribution in [0.2, 0.25) is 0 Å². The Morgan fingerprint density at radius 2 is 2.04 bits per heavy atom. The molecule has 0 radical (unpaired) electrons. The summed E-state index contributed by atoms with van der Waals surface area (Å²) < 4.78 is 11.1. The standard InChI is InChI=1S/C18H20N4O2/c1-14-6-3-4-8-16(14)23-11-10-22(2)13-17-20-18(21-24-17)15-7-5-9-19-12-15/h3-9,12H,10-11,13H2,1-2H3. The van der Waals surface area contributed by atoms with Crippen molar-refractivity contribution in [1.82, 2.24) is 20.0 Å². The molecule has 3 rings (SSSR count). The van der Waals surface area contributed by atoms with Crippen molar-refractivity contribution in [3.8, 4) is 17.1 Å². The van der Waals surface area contributed by atoms with E-state index in [4.69, 9.17) is 9.26 Å². The largest absolute Gasteiger partial charge is 0.492 e. The van der Waals surface area contributed by atoms with Gasteiger partial charge in [0.05, 0.1) is 6.54 Å². The van der Waals surface area contributed by atoms with Crippen molar-refractivity contribution in [1.29, 1.82) is 0 Å². The first-order chi connectivity index (χ1) is 11.7. The zero-order chi connectivity index (χ0) is 16.8. The lowest BCUT2D eigenvalue weighted by atomic mass is 10.2. The smallest absolute Gasteiger partial charge is 0.241 e. The van der Waals surface area contributed by atoms with Crippen molar-refractivity contribution < 1.29 is 9.26 Å². The number of nitrogens with zero attached hydrogens (tertiary/aromatic N) is 4. The van der Waals surface area contributed by atoms with Crippen LogP contribution in [0, 0.1) is 6.92 Å². The molecule has 0 aliphatic carbocycles. The quantitative estimate of drug-likeness (QED) is 0.666. The van der Waals surface area contributed by atoms with Crippen molar-refractivity contribution in [3.05, 3.63) is 60.2 Å². The third-order valence-electron chi connectivity index (χ3n) is 3.62. The lowest BCUT2D eigenvalue weighted by molar-refractivity contribution is 0.212. The first-order valence-electron chi connectivity index (χ1n) is 7.82. The van der Waals surface area contributed by atoms with Crippen molar-refractivity contribution >= 4 is 0 Å². The molecule has 6 nitrogen and oxygen atoms in total. The van der Waals surface area contributed by atoms with Gasteiger partial charge in [0.2, 0.25) is 11.7 Å². The maximum absolute atomic E-state index is 5.80. The summed E-state index contributed by atoms with van der Waals surface area (Å²) in [6.07, 6.45) is 3.43. The fraction of sp³-hybridized carbons (Fsp3) is 0.278. The van der Waals surface area contributed by atoms with E-state index in [1.807, 2.05) is 50.4 Å². The molecule has 6 heteroatoms. The number of likely N-dealkylation sites (N-methyl/N-ethyl adjacent to an activating group) is 1. The number of ether oxygens (including phenoxy) is 1. The molecule has 24 heavy (non-hydrogen) atoms. The van der Waals surface area contributed by atoms with Gasteiger partial charge in [0.25, 0.3) is 0 Å². The number of hydrogen-bond acceptors (Lipinski definition) is 6.